The number of nitrogens with zero attached hydrogens (tertiary/aromatic N) is 2. The van der Waals surface area contributed by atoms with E-state index < -0.39 is 29.7 Å². The van der Waals surface area contributed by atoms with Gasteiger partial charge in [-0.1, -0.05) is 60.5 Å². The first-order valence-corrected chi connectivity index (χ1v) is 13.1. The molecule has 0 unspecified atom stereocenters. The van der Waals surface area contributed by atoms with Crippen LogP contribution in [0.25, 0.3) is 0 Å². The third-order valence-corrected chi connectivity index (χ3v) is 7.29. The number of nitrogens with two attached hydrogens (primary N) is 1. The van der Waals surface area contributed by atoms with Crippen molar-refractivity contribution >= 4 is 5.82 Å². The van der Waals surface area contributed by atoms with Crippen molar-refractivity contribution in [2.24, 2.45) is 0 Å². The zero-order valence-corrected chi connectivity index (χ0v) is 22.8. The summed E-state index contributed by atoms with van der Waals surface area (Å²) in [6.07, 6.45) is 4.62. The van der Waals surface area contributed by atoms with Gasteiger partial charge in [-0.05, 0) is 41.0 Å². The van der Waals surface area contributed by atoms with E-state index in [0.717, 1.165) is 16.7 Å². The first-order chi connectivity index (χ1) is 19.9. The van der Waals surface area contributed by atoms with Crippen LogP contribution in [0.4, 0.5) is 5.82 Å². The third kappa shape index (κ3) is 5.41. The van der Waals surface area contributed by atoms with Crippen molar-refractivity contribution in [2.75, 3.05) is 26.6 Å². The molecule has 5 rings (SSSR count). The fraction of sp³-hybridized carbons (Fsp3) is 0.250. The third-order valence-electron chi connectivity index (χ3n) is 7.29. The maximum atomic E-state index is 12.6. The number of aliphatic hydroxyl groups is 1. The van der Waals surface area contributed by atoms with Gasteiger partial charge >= 0.3 is 5.69 Å². The standard InChI is InChI=1S/C32H31N3O6/c1-4-21-19-35(31(37)34-30(21)33)29-18-27(36)28(41-29)20-40-32(22-8-6-5-7-9-22,23-10-14-25(38-2)15-11-23)24-12-16-26(39-3)17-13-24/h1,5-17,19,27-29,36H,18,20H2,2-3H3,(H2,33,34,37)/t27-,28+,29+/m0/s1. The quantitative estimate of drug-likeness (QED) is 0.239. The van der Waals surface area contributed by atoms with E-state index in [1.165, 1.54) is 10.8 Å². The molecule has 210 valence electrons. The normalized spacial score (nSPS) is 18.5. The van der Waals surface area contributed by atoms with Crippen molar-refractivity contribution in [2.45, 2.75) is 30.5 Å². The van der Waals surface area contributed by atoms with Gasteiger partial charge in [-0.25, -0.2) is 4.79 Å². The first kappa shape index (κ1) is 27.9. The number of aromatic nitrogens is 2. The van der Waals surface area contributed by atoms with E-state index in [-0.39, 0.29) is 24.4 Å². The summed E-state index contributed by atoms with van der Waals surface area (Å²) >= 11 is 0. The van der Waals surface area contributed by atoms with Crippen LogP contribution in [0.3, 0.4) is 0 Å². The Hall–Kier alpha value is -4.62. The summed E-state index contributed by atoms with van der Waals surface area (Å²) < 4.78 is 25.1. The summed E-state index contributed by atoms with van der Waals surface area (Å²) in [6, 6.07) is 25.1. The molecule has 1 aromatic heterocycles. The molecule has 3 aromatic carbocycles. The second-order valence-corrected chi connectivity index (χ2v) is 9.62. The average Bonchev–Trinajstić information content (AvgIpc) is 3.38. The maximum absolute atomic E-state index is 12.6. The van der Waals surface area contributed by atoms with Crippen molar-refractivity contribution in [1.29, 1.82) is 0 Å². The van der Waals surface area contributed by atoms with Crippen LogP contribution < -0.4 is 20.9 Å². The van der Waals surface area contributed by atoms with Crippen LogP contribution in [0, 0.1) is 12.3 Å². The highest BCUT2D eigenvalue weighted by molar-refractivity contribution is 5.50. The predicted molar refractivity (Wildman–Crippen MR) is 154 cm³/mol. The minimum absolute atomic E-state index is 0.00374. The van der Waals surface area contributed by atoms with E-state index in [4.69, 9.17) is 31.1 Å². The molecule has 1 fully saturated rings. The fourth-order valence-corrected chi connectivity index (χ4v) is 5.12. The number of hydrogen-bond donors (Lipinski definition) is 2. The highest BCUT2D eigenvalue weighted by Crippen LogP contribution is 2.42. The Morgan fingerprint density at radius 2 is 1.56 bits per heavy atom. The highest BCUT2D eigenvalue weighted by atomic mass is 16.6. The van der Waals surface area contributed by atoms with Crippen molar-refractivity contribution in [1.82, 2.24) is 9.55 Å². The molecule has 41 heavy (non-hydrogen) atoms. The summed E-state index contributed by atoms with van der Waals surface area (Å²) in [5, 5.41) is 11.0. The van der Waals surface area contributed by atoms with Gasteiger partial charge in [0.1, 0.15) is 35.2 Å². The van der Waals surface area contributed by atoms with E-state index in [0.29, 0.717) is 11.5 Å². The largest absolute Gasteiger partial charge is 0.497 e. The van der Waals surface area contributed by atoms with Gasteiger partial charge in [0.15, 0.2) is 0 Å². The van der Waals surface area contributed by atoms with Gasteiger partial charge < -0.3 is 29.8 Å². The van der Waals surface area contributed by atoms with Crippen LogP contribution >= 0.6 is 0 Å². The fourth-order valence-electron chi connectivity index (χ4n) is 5.12. The molecule has 3 N–H and O–H groups in total. The van der Waals surface area contributed by atoms with Crippen LogP contribution in [0.5, 0.6) is 11.5 Å². The molecule has 0 amide bonds. The molecule has 0 aliphatic carbocycles. The van der Waals surface area contributed by atoms with Crippen LogP contribution in [0.1, 0.15) is 34.9 Å². The topological polar surface area (TPSA) is 118 Å². The molecule has 4 aromatic rings. The Labute approximate surface area is 238 Å². The Morgan fingerprint density at radius 3 is 2.10 bits per heavy atom. The van der Waals surface area contributed by atoms with Gasteiger partial charge in [-0.15, -0.1) is 6.42 Å². The van der Waals surface area contributed by atoms with Crippen LogP contribution in [-0.2, 0) is 15.1 Å². The summed E-state index contributed by atoms with van der Waals surface area (Å²) in [4.78, 5) is 16.4. The molecule has 1 aliphatic rings. The number of ether oxygens (including phenoxy) is 4. The number of terminal acetylenes is 1. The predicted octanol–water partition coefficient (Wildman–Crippen LogP) is 3.48. The van der Waals surface area contributed by atoms with E-state index in [1.807, 2.05) is 78.9 Å². The van der Waals surface area contributed by atoms with Crippen molar-refractivity contribution in [3.05, 3.63) is 118 Å². The van der Waals surface area contributed by atoms with Gasteiger partial charge in [0.25, 0.3) is 0 Å². The maximum Gasteiger partial charge on any atom is 0.351 e. The zero-order valence-electron chi connectivity index (χ0n) is 22.8. The van der Waals surface area contributed by atoms with E-state index >= 15 is 0 Å². The zero-order chi connectivity index (χ0) is 29.0. The molecule has 9 nitrogen and oxygen atoms in total. The van der Waals surface area contributed by atoms with Crippen molar-refractivity contribution < 1.29 is 24.1 Å². The van der Waals surface area contributed by atoms with E-state index in [1.54, 1.807) is 14.2 Å². The Balaban J connectivity index is 1.53. The first-order valence-electron chi connectivity index (χ1n) is 13.1. The van der Waals surface area contributed by atoms with E-state index in [2.05, 4.69) is 10.9 Å². The lowest BCUT2D eigenvalue weighted by atomic mass is 9.80. The monoisotopic (exact) mass is 553 g/mol. The highest BCUT2D eigenvalue weighted by Gasteiger charge is 2.42. The Bertz CT molecular complexity index is 1530. The minimum atomic E-state index is -1.09. The molecular formula is C32H31N3O6. The molecule has 2 heterocycles. The van der Waals surface area contributed by atoms with E-state index in [9.17, 15) is 9.90 Å². The lowest BCUT2D eigenvalue weighted by Gasteiger charge is -2.37. The van der Waals surface area contributed by atoms with Crippen molar-refractivity contribution in [3.8, 4) is 23.8 Å². The smallest absolute Gasteiger partial charge is 0.351 e. The SMILES string of the molecule is C#Cc1cn([C@H]2C[C@H](O)[C@@H](COC(c3ccccc3)(c3ccc(OC)cc3)c3ccc(OC)cc3)O2)c(=O)nc1N. The van der Waals surface area contributed by atoms with Gasteiger partial charge in [0.2, 0.25) is 0 Å². The number of anilines is 1. The molecule has 0 bridgehead atoms. The van der Waals surface area contributed by atoms with Crippen LogP contribution in [0.15, 0.2) is 89.9 Å². The average molecular weight is 554 g/mol. The number of aliphatic hydroxyl groups excluding tert-OH is 1. The number of rotatable bonds is 9. The minimum Gasteiger partial charge on any atom is -0.497 e. The summed E-state index contributed by atoms with van der Waals surface area (Å²) in [5.74, 6) is 3.80. The summed E-state index contributed by atoms with van der Waals surface area (Å²) in [7, 11) is 3.23. The molecule has 3 atom stereocenters. The van der Waals surface area contributed by atoms with Gasteiger partial charge in [-0.3, -0.25) is 4.57 Å². The van der Waals surface area contributed by atoms with Crippen LogP contribution in [0.2, 0.25) is 0 Å². The second kappa shape index (κ2) is 11.9. The summed E-state index contributed by atoms with van der Waals surface area (Å²) in [5.41, 5.74) is 6.89. The number of hydrogen-bond acceptors (Lipinski definition) is 8. The molecule has 9 heteroatoms. The molecule has 1 saturated heterocycles. The lowest BCUT2D eigenvalue weighted by Crippen LogP contribution is -2.38. The second-order valence-electron chi connectivity index (χ2n) is 9.62. The molecular weight excluding hydrogens is 522 g/mol. The molecule has 0 spiro atoms. The summed E-state index contributed by atoms with van der Waals surface area (Å²) in [6.45, 7) is 0.00374. The lowest BCUT2D eigenvalue weighted by molar-refractivity contribution is -0.0944. The van der Waals surface area contributed by atoms with Gasteiger partial charge in [-0.2, -0.15) is 4.98 Å². The van der Waals surface area contributed by atoms with Gasteiger partial charge in [0, 0.05) is 12.6 Å². The molecule has 1 aliphatic heterocycles. The Morgan fingerprint density at radius 1 is 1.00 bits per heavy atom. The Kier molecular flexibility index (Phi) is 8.08. The molecule has 0 saturated carbocycles. The number of nitrogen functional groups attached to an aromatic ring is 1. The number of methoxy groups -OCH3 is 2. The molecule has 0 radical (unpaired) electrons. The van der Waals surface area contributed by atoms with Gasteiger partial charge in [0.05, 0.1) is 32.5 Å². The van der Waals surface area contributed by atoms with Crippen molar-refractivity contribution in [3.63, 3.8) is 0 Å². The van der Waals surface area contributed by atoms with Crippen LogP contribution in [-0.4, -0.2) is 47.7 Å². The number of benzene rings is 3.